The number of hydrogen-bond acceptors (Lipinski definition) is 5. The van der Waals surface area contributed by atoms with Crippen molar-refractivity contribution in [2.24, 2.45) is 0 Å². The van der Waals surface area contributed by atoms with E-state index in [-0.39, 0.29) is 29.7 Å². The van der Waals surface area contributed by atoms with Crippen molar-refractivity contribution in [1.82, 2.24) is 19.7 Å². The maximum Gasteiger partial charge on any atom is 0.252 e. The molecule has 0 fully saturated rings. The number of aryl methyl sites for hydroxylation is 1. The third-order valence-electron chi connectivity index (χ3n) is 4.37. The Morgan fingerprint density at radius 1 is 1.23 bits per heavy atom. The molecule has 0 aliphatic rings. The number of aromatic nitrogens is 4. The minimum absolute atomic E-state index is 0.0682. The molecule has 0 spiro atoms. The summed E-state index contributed by atoms with van der Waals surface area (Å²) >= 11 is 1.51. The zero-order valence-electron chi connectivity index (χ0n) is 16.1. The van der Waals surface area contributed by atoms with Crippen LogP contribution in [0.15, 0.2) is 58.7 Å². The average Bonchev–Trinajstić information content (AvgIpc) is 3.39. The number of nitrogens with zero attached hydrogens (tertiary/aromatic N) is 3. The van der Waals surface area contributed by atoms with Gasteiger partial charge in [0.25, 0.3) is 5.56 Å². The van der Waals surface area contributed by atoms with E-state index >= 15 is 0 Å². The van der Waals surface area contributed by atoms with Crippen LogP contribution in [-0.4, -0.2) is 25.7 Å². The van der Waals surface area contributed by atoms with Crippen LogP contribution < -0.4 is 10.9 Å². The van der Waals surface area contributed by atoms with E-state index < -0.39 is 0 Å². The topological polar surface area (TPSA) is 92.7 Å². The second kappa shape index (κ2) is 8.42. The molecule has 152 valence electrons. The quantitative estimate of drug-likeness (QED) is 0.496. The summed E-state index contributed by atoms with van der Waals surface area (Å²) in [5.41, 5.74) is 1.64. The fourth-order valence-corrected chi connectivity index (χ4v) is 3.61. The first-order valence-corrected chi connectivity index (χ1v) is 10.2. The number of nitrogens with one attached hydrogen (secondary N) is 2. The minimum atomic E-state index is -0.358. The number of carbonyl (C=O) groups is 1. The highest BCUT2D eigenvalue weighted by atomic mass is 32.1. The molecule has 0 aliphatic carbocycles. The number of rotatable bonds is 6. The highest BCUT2D eigenvalue weighted by molar-refractivity contribution is 7.13. The van der Waals surface area contributed by atoms with Crippen LogP contribution in [0.2, 0.25) is 0 Å². The number of halogens is 1. The van der Waals surface area contributed by atoms with Crippen LogP contribution in [-0.2, 0) is 17.6 Å². The molecule has 2 N–H and O–H groups in total. The predicted octanol–water partition coefficient (Wildman–Crippen LogP) is 3.57. The van der Waals surface area contributed by atoms with Crippen molar-refractivity contribution in [3.05, 3.63) is 81.3 Å². The zero-order chi connectivity index (χ0) is 21.1. The van der Waals surface area contributed by atoms with Gasteiger partial charge >= 0.3 is 0 Å². The molecule has 30 heavy (non-hydrogen) atoms. The zero-order valence-corrected chi connectivity index (χ0v) is 16.9. The van der Waals surface area contributed by atoms with Gasteiger partial charge in [-0.3, -0.25) is 14.6 Å². The van der Waals surface area contributed by atoms with Crippen LogP contribution >= 0.6 is 11.3 Å². The number of aromatic amines is 1. The van der Waals surface area contributed by atoms with E-state index in [1.54, 1.807) is 18.2 Å². The molecule has 0 atom stereocenters. The van der Waals surface area contributed by atoms with E-state index in [0.717, 1.165) is 4.88 Å². The van der Waals surface area contributed by atoms with Gasteiger partial charge in [0.2, 0.25) is 11.9 Å². The van der Waals surface area contributed by atoms with Gasteiger partial charge in [0, 0.05) is 17.8 Å². The Bertz CT molecular complexity index is 1230. The molecule has 0 bridgehead atoms. The lowest BCUT2D eigenvalue weighted by Crippen LogP contribution is -2.20. The van der Waals surface area contributed by atoms with Gasteiger partial charge in [-0.1, -0.05) is 25.1 Å². The van der Waals surface area contributed by atoms with Crippen molar-refractivity contribution in [3.63, 3.8) is 0 Å². The van der Waals surface area contributed by atoms with E-state index in [0.29, 0.717) is 29.2 Å². The van der Waals surface area contributed by atoms with E-state index in [2.05, 4.69) is 20.4 Å². The highest BCUT2D eigenvalue weighted by Gasteiger charge is 2.16. The second-order valence-electron chi connectivity index (χ2n) is 6.57. The summed E-state index contributed by atoms with van der Waals surface area (Å²) < 4.78 is 14.5. The van der Waals surface area contributed by atoms with E-state index in [9.17, 15) is 14.0 Å². The first-order valence-electron chi connectivity index (χ1n) is 9.30. The minimum Gasteiger partial charge on any atom is -0.310 e. The van der Waals surface area contributed by atoms with E-state index in [4.69, 9.17) is 0 Å². The SMILES string of the molecule is CCc1cc(=O)[nH]c(-n2nc(-c3cccs3)cc2NC(=O)Cc2ccc(F)cc2)n1. The molecule has 0 unspecified atom stereocenters. The van der Waals surface area contributed by atoms with Crippen LogP contribution in [0, 0.1) is 5.82 Å². The fraction of sp³-hybridized carbons (Fsp3) is 0.143. The molecular formula is C21H18FN5O2S. The lowest BCUT2D eigenvalue weighted by Gasteiger charge is -2.09. The monoisotopic (exact) mass is 423 g/mol. The molecule has 3 aromatic heterocycles. The first-order chi connectivity index (χ1) is 14.5. The standard InChI is InChI=1S/C21H18FN5O2S/c1-2-15-11-20(29)25-21(23-15)27-18(12-16(26-27)17-4-3-9-30-17)24-19(28)10-13-5-7-14(22)8-6-13/h3-9,11-12H,2,10H2,1H3,(H,24,28)(H,23,25,29). The maximum atomic E-state index is 13.1. The van der Waals surface area contributed by atoms with Gasteiger partial charge in [-0.05, 0) is 35.6 Å². The Balaban J connectivity index is 1.69. The summed E-state index contributed by atoms with van der Waals surface area (Å²) in [6.45, 7) is 1.90. The smallest absolute Gasteiger partial charge is 0.252 e. The number of amides is 1. The third kappa shape index (κ3) is 4.36. The third-order valence-corrected chi connectivity index (χ3v) is 5.27. The van der Waals surface area contributed by atoms with E-state index in [1.807, 2.05) is 24.4 Å². The summed E-state index contributed by atoms with van der Waals surface area (Å²) in [7, 11) is 0. The van der Waals surface area contributed by atoms with Gasteiger partial charge < -0.3 is 5.32 Å². The lowest BCUT2D eigenvalue weighted by atomic mass is 10.1. The molecule has 0 aliphatic heterocycles. The molecule has 3 heterocycles. The Kier molecular flexibility index (Phi) is 5.53. The van der Waals surface area contributed by atoms with Crippen LogP contribution in [0.5, 0.6) is 0 Å². The predicted molar refractivity (Wildman–Crippen MR) is 113 cm³/mol. The highest BCUT2D eigenvalue weighted by Crippen LogP contribution is 2.27. The summed E-state index contributed by atoms with van der Waals surface area (Å²) in [6.07, 6.45) is 0.654. The number of thiophene rings is 1. The molecule has 0 radical (unpaired) electrons. The number of H-pyrrole nitrogens is 1. The molecule has 9 heteroatoms. The van der Waals surface area contributed by atoms with Crippen LogP contribution in [0.25, 0.3) is 16.5 Å². The Hall–Kier alpha value is -3.59. The number of hydrogen-bond donors (Lipinski definition) is 2. The van der Waals surface area contributed by atoms with Crippen molar-refractivity contribution in [2.75, 3.05) is 5.32 Å². The van der Waals surface area contributed by atoms with Gasteiger partial charge in [-0.15, -0.1) is 11.3 Å². The molecule has 7 nitrogen and oxygen atoms in total. The van der Waals surface area contributed by atoms with Crippen molar-refractivity contribution >= 4 is 23.1 Å². The van der Waals surface area contributed by atoms with Crippen LogP contribution in [0.1, 0.15) is 18.2 Å². The lowest BCUT2D eigenvalue weighted by molar-refractivity contribution is -0.115. The summed E-state index contributed by atoms with van der Waals surface area (Å²) in [5, 5.41) is 9.29. The molecule has 1 amide bonds. The Morgan fingerprint density at radius 3 is 2.73 bits per heavy atom. The summed E-state index contributed by atoms with van der Waals surface area (Å²) in [4.78, 5) is 32.6. The van der Waals surface area contributed by atoms with Gasteiger partial charge in [0.05, 0.1) is 11.3 Å². The van der Waals surface area contributed by atoms with Crippen LogP contribution in [0.4, 0.5) is 10.2 Å². The van der Waals surface area contributed by atoms with Crippen molar-refractivity contribution in [3.8, 4) is 16.5 Å². The molecule has 0 saturated carbocycles. The molecule has 0 saturated heterocycles. The van der Waals surface area contributed by atoms with Gasteiger partial charge in [0.15, 0.2) is 0 Å². The number of carbonyl (C=O) groups excluding carboxylic acids is 1. The van der Waals surface area contributed by atoms with Gasteiger partial charge in [-0.25, -0.2) is 9.37 Å². The Morgan fingerprint density at radius 2 is 2.03 bits per heavy atom. The second-order valence-corrected chi connectivity index (χ2v) is 7.52. The Labute approximate surface area is 175 Å². The summed E-state index contributed by atoms with van der Waals surface area (Å²) in [6, 6.07) is 12.7. The van der Waals surface area contributed by atoms with E-state index in [1.165, 1.54) is 34.2 Å². The molecule has 4 aromatic rings. The maximum absolute atomic E-state index is 13.1. The summed E-state index contributed by atoms with van der Waals surface area (Å²) in [5.74, 6) is -0.0562. The molecule has 4 rings (SSSR count). The van der Waals surface area contributed by atoms with Gasteiger partial charge in [-0.2, -0.15) is 9.78 Å². The fourth-order valence-electron chi connectivity index (χ4n) is 2.93. The van der Waals surface area contributed by atoms with Crippen molar-refractivity contribution in [1.29, 1.82) is 0 Å². The van der Waals surface area contributed by atoms with Crippen LogP contribution in [0.3, 0.4) is 0 Å². The number of benzene rings is 1. The largest absolute Gasteiger partial charge is 0.310 e. The first kappa shape index (κ1) is 19.7. The molecular weight excluding hydrogens is 405 g/mol. The molecule has 1 aromatic carbocycles. The van der Waals surface area contributed by atoms with Gasteiger partial charge in [0.1, 0.15) is 17.3 Å². The van der Waals surface area contributed by atoms with Crippen molar-refractivity contribution < 1.29 is 9.18 Å². The van der Waals surface area contributed by atoms with Crippen molar-refractivity contribution in [2.45, 2.75) is 19.8 Å². The average molecular weight is 423 g/mol. The number of anilines is 1. The normalized spacial score (nSPS) is 10.9.